The fourth-order valence-electron chi connectivity index (χ4n) is 3.18. The molecule has 1 atom stereocenters. The Kier molecular flexibility index (Phi) is 10.0. The van der Waals surface area contributed by atoms with E-state index in [9.17, 15) is 9.59 Å². The van der Waals surface area contributed by atoms with Crippen molar-refractivity contribution in [1.29, 1.82) is 0 Å². The molecule has 5 nitrogen and oxygen atoms in total. The highest BCUT2D eigenvalue weighted by Crippen LogP contribution is 2.29. The van der Waals surface area contributed by atoms with Gasteiger partial charge >= 0.3 is 0 Å². The van der Waals surface area contributed by atoms with Crippen molar-refractivity contribution < 1.29 is 14.3 Å². The summed E-state index contributed by atoms with van der Waals surface area (Å²) in [6.45, 7) is 8.93. The van der Waals surface area contributed by atoms with E-state index in [0.29, 0.717) is 31.2 Å². The number of hydrogen-bond acceptors (Lipinski definition) is 3. The van der Waals surface area contributed by atoms with Crippen LogP contribution in [-0.4, -0.2) is 42.5 Å². The zero-order valence-corrected chi connectivity index (χ0v) is 20.4. The van der Waals surface area contributed by atoms with E-state index in [1.807, 2.05) is 55.5 Å². The highest BCUT2D eigenvalue weighted by Gasteiger charge is 2.26. The van der Waals surface area contributed by atoms with Crippen LogP contribution < -0.4 is 10.1 Å². The Labute approximate surface area is 194 Å². The number of ether oxygens (including phenoxy) is 1. The number of halogens is 1. The summed E-state index contributed by atoms with van der Waals surface area (Å²) < 4.78 is 6.62. The van der Waals surface area contributed by atoms with Crippen molar-refractivity contribution >= 4 is 27.7 Å². The Morgan fingerprint density at radius 2 is 1.81 bits per heavy atom. The van der Waals surface area contributed by atoms with Crippen LogP contribution in [0.15, 0.2) is 53.0 Å². The van der Waals surface area contributed by atoms with Crippen LogP contribution in [0.25, 0.3) is 0 Å². The first-order valence-corrected chi connectivity index (χ1v) is 11.7. The largest absolute Gasteiger partial charge is 0.483 e. The van der Waals surface area contributed by atoms with Gasteiger partial charge in [0.1, 0.15) is 11.8 Å². The fraction of sp³-hybridized carbons (Fsp3) is 0.440. The second-order valence-electron chi connectivity index (χ2n) is 7.92. The third-order valence-electron chi connectivity index (χ3n) is 5.17. The van der Waals surface area contributed by atoms with Gasteiger partial charge in [-0.2, -0.15) is 0 Å². The molecule has 31 heavy (non-hydrogen) atoms. The molecular formula is C25H33BrN2O3. The summed E-state index contributed by atoms with van der Waals surface area (Å²) in [4.78, 5) is 27.2. The molecule has 2 aromatic carbocycles. The van der Waals surface area contributed by atoms with Crippen LogP contribution in [0.4, 0.5) is 0 Å². The van der Waals surface area contributed by atoms with Crippen LogP contribution in [-0.2, 0) is 16.0 Å². The molecule has 0 saturated heterocycles. The predicted octanol–water partition coefficient (Wildman–Crippen LogP) is 4.94. The maximum atomic E-state index is 13.0. The van der Waals surface area contributed by atoms with E-state index in [1.165, 1.54) is 5.56 Å². The van der Waals surface area contributed by atoms with Crippen LogP contribution in [0.2, 0.25) is 0 Å². The number of nitrogens with zero attached hydrogens (tertiary/aromatic N) is 1. The molecule has 2 amide bonds. The van der Waals surface area contributed by atoms with Crippen LogP contribution in [0.3, 0.4) is 0 Å². The van der Waals surface area contributed by atoms with Gasteiger partial charge in [-0.25, -0.2) is 0 Å². The third-order valence-corrected chi connectivity index (χ3v) is 5.79. The number of carbonyl (C=O) groups is 2. The monoisotopic (exact) mass is 488 g/mol. The lowest BCUT2D eigenvalue weighted by molar-refractivity contribution is -0.141. The molecule has 0 spiro atoms. The van der Waals surface area contributed by atoms with Crippen molar-refractivity contribution in [3.8, 4) is 5.75 Å². The van der Waals surface area contributed by atoms with Gasteiger partial charge in [0.25, 0.3) is 5.91 Å². The van der Waals surface area contributed by atoms with Gasteiger partial charge in [0.15, 0.2) is 6.61 Å². The Balaban J connectivity index is 2.08. The van der Waals surface area contributed by atoms with Crippen molar-refractivity contribution in [2.75, 3.05) is 19.7 Å². The average Bonchev–Trinajstić information content (AvgIpc) is 2.77. The maximum absolute atomic E-state index is 13.0. The molecule has 0 heterocycles. The molecule has 0 aliphatic heterocycles. The maximum Gasteiger partial charge on any atom is 0.261 e. The van der Waals surface area contributed by atoms with Crippen LogP contribution >= 0.6 is 15.9 Å². The summed E-state index contributed by atoms with van der Waals surface area (Å²) in [5.41, 5.74) is 2.31. The minimum atomic E-state index is -0.571. The molecule has 1 N–H and O–H groups in total. The van der Waals surface area contributed by atoms with Crippen LogP contribution in [0.5, 0.6) is 5.75 Å². The second kappa shape index (κ2) is 12.5. The lowest BCUT2D eigenvalue weighted by Crippen LogP contribution is -2.50. The number of amides is 2. The van der Waals surface area contributed by atoms with Gasteiger partial charge in [-0.15, -0.1) is 0 Å². The minimum absolute atomic E-state index is 0.125. The Hall–Kier alpha value is -2.34. The molecule has 0 aliphatic rings. The van der Waals surface area contributed by atoms with Gasteiger partial charge in [-0.1, -0.05) is 57.2 Å². The molecule has 0 radical (unpaired) electrons. The van der Waals surface area contributed by atoms with E-state index in [1.54, 1.807) is 11.8 Å². The molecule has 0 unspecified atom stereocenters. The first-order chi connectivity index (χ1) is 14.8. The smallest absolute Gasteiger partial charge is 0.261 e. The van der Waals surface area contributed by atoms with E-state index in [2.05, 4.69) is 35.1 Å². The van der Waals surface area contributed by atoms with Gasteiger partial charge in [0.2, 0.25) is 5.91 Å². The molecule has 168 valence electrons. The Bertz CT molecular complexity index is 855. The van der Waals surface area contributed by atoms with Crippen molar-refractivity contribution in [2.45, 2.75) is 52.5 Å². The zero-order valence-electron chi connectivity index (χ0n) is 18.9. The summed E-state index contributed by atoms with van der Waals surface area (Å²) in [5.74, 6) is 0.660. The SMILES string of the molecule is CCCNC(=O)[C@@H](C)N(CCc1ccccc1)C(=O)COc1ccc(C(C)C)cc1Br. The number of nitrogens with one attached hydrogen (secondary N) is 1. The van der Waals surface area contributed by atoms with Gasteiger partial charge in [-0.3, -0.25) is 9.59 Å². The van der Waals surface area contributed by atoms with Crippen molar-refractivity contribution in [1.82, 2.24) is 10.2 Å². The average molecular weight is 489 g/mol. The van der Waals surface area contributed by atoms with E-state index in [0.717, 1.165) is 16.5 Å². The van der Waals surface area contributed by atoms with Gasteiger partial charge in [0.05, 0.1) is 4.47 Å². The number of benzene rings is 2. The van der Waals surface area contributed by atoms with Crippen molar-refractivity contribution in [3.05, 3.63) is 64.1 Å². The lowest BCUT2D eigenvalue weighted by Gasteiger charge is -2.28. The fourth-order valence-corrected chi connectivity index (χ4v) is 3.69. The summed E-state index contributed by atoms with van der Waals surface area (Å²) in [5, 5.41) is 2.88. The molecule has 0 saturated carbocycles. The summed E-state index contributed by atoms with van der Waals surface area (Å²) in [6.07, 6.45) is 1.52. The lowest BCUT2D eigenvalue weighted by atomic mass is 10.0. The predicted molar refractivity (Wildman–Crippen MR) is 128 cm³/mol. The molecule has 0 aliphatic carbocycles. The molecule has 2 rings (SSSR count). The number of hydrogen-bond donors (Lipinski definition) is 1. The number of carbonyl (C=O) groups excluding carboxylic acids is 2. The highest BCUT2D eigenvalue weighted by molar-refractivity contribution is 9.10. The molecule has 2 aromatic rings. The third kappa shape index (κ3) is 7.69. The molecule has 6 heteroatoms. The van der Waals surface area contributed by atoms with Gasteiger partial charge in [-0.05, 0) is 64.9 Å². The van der Waals surface area contributed by atoms with E-state index in [-0.39, 0.29) is 18.4 Å². The molecule has 0 bridgehead atoms. The highest BCUT2D eigenvalue weighted by atomic mass is 79.9. The second-order valence-corrected chi connectivity index (χ2v) is 8.78. The minimum Gasteiger partial charge on any atom is -0.483 e. The topological polar surface area (TPSA) is 58.6 Å². The summed E-state index contributed by atoms with van der Waals surface area (Å²) in [7, 11) is 0. The van der Waals surface area contributed by atoms with Crippen LogP contribution in [0, 0.1) is 0 Å². The quantitative estimate of drug-likeness (QED) is 0.487. The summed E-state index contributed by atoms with van der Waals surface area (Å²) >= 11 is 3.53. The Morgan fingerprint density at radius 3 is 2.42 bits per heavy atom. The Morgan fingerprint density at radius 1 is 1.10 bits per heavy atom. The standard InChI is InChI=1S/C25H33BrN2O3/c1-5-14-27-25(30)19(4)28(15-13-20-9-7-6-8-10-20)24(29)17-31-23-12-11-21(18(2)3)16-22(23)26/h6-12,16,18-19H,5,13-15,17H2,1-4H3,(H,27,30)/t19-/m1/s1. The first-order valence-electron chi connectivity index (χ1n) is 10.9. The first kappa shape index (κ1) is 24.9. The zero-order chi connectivity index (χ0) is 22.8. The van der Waals surface area contributed by atoms with E-state index >= 15 is 0 Å². The van der Waals surface area contributed by atoms with Crippen molar-refractivity contribution in [3.63, 3.8) is 0 Å². The van der Waals surface area contributed by atoms with Crippen LogP contribution in [0.1, 0.15) is 51.2 Å². The van der Waals surface area contributed by atoms with Gasteiger partial charge < -0.3 is 15.0 Å². The van der Waals surface area contributed by atoms with E-state index in [4.69, 9.17) is 4.74 Å². The molecule has 0 fully saturated rings. The van der Waals surface area contributed by atoms with E-state index < -0.39 is 6.04 Å². The van der Waals surface area contributed by atoms with Gasteiger partial charge in [0, 0.05) is 13.1 Å². The normalized spacial score (nSPS) is 11.8. The van der Waals surface area contributed by atoms with Crippen molar-refractivity contribution in [2.24, 2.45) is 0 Å². The number of rotatable bonds is 11. The molecule has 0 aromatic heterocycles. The summed E-state index contributed by atoms with van der Waals surface area (Å²) in [6, 6.07) is 15.3. The molecular weight excluding hydrogens is 456 g/mol.